The number of hydrogen-bond acceptors (Lipinski definition) is 7. The van der Waals surface area contributed by atoms with Crippen LogP contribution < -0.4 is 0 Å². The highest BCUT2D eigenvalue weighted by atomic mass is 17.2. The maximum absolute atomic E-state index is 11.9. The van der Waals surface area contributed by atoms with Crippen molar-refractivity contribution in [3.05, 3.63) is 0 Å². The third-order valence-electron chi connectivity index (χ3n) is 3.91. The minimum Gasteiger partial charge on any atom is -0.394 e. The van der Waals surface area contributed by atoms with Gasteiger partial charge in [-0.1, -0.05) is 58.3 Å². The van der Waals surface area contributed by atoms with Gasteiger partial charge in [0, 0.05) is 6.92 Å². The van der Waals surface area contributed by atoms with Crippen LogP contribution in [0.3, 0.4) is 0 Å². The van der Waals surface area contributed by atoms with Gasteiger partial charge in [-0.3, -0.25) is 0 Å². The molecule has 3 atom stereocenters. The van der Waals surface area contributed by atoms with Crippen LogP contribution in [0, 0.1) is 5.92 Å². The van der Waals surface area contributed by atoms with Crippen molar-refractivity contribution in [3.8, 4) is 0 Å². The molecule has 142 valence electrons. The van der Waals surface area contributed by atoms with Gasteiger partial charge in [0.15, 0.2) is 0 Å². The Morgan fingerprint density at radius 1 is 0.917 bits per heavy atom. The van der Waals surface area contributed by atoms with Crippen LogP contribution in [0.2, 0.25) is 0 Å². The third kappa shape index (κ3) is 10.6. The third-order valence-corrected chi connectivity index (χ3v) is 3.91. The molecule has 0 aromatic carbocycles. The Balaban J connectivity index is 4.24. The summed E-state index contributed by atoms with van der Waals surface area (Å²) in [6.07, 6.45) is 5.97. The summed E-state index contributed by atoms with van der Waals surface area (Å²) in [5.74, 6) is -2.76. The molecule has 0 amide bonds. The van der Waals surface area contributed by atoms with E-state index >= 15 is 0 Å². The number of hydrogen-bond donors (Lipinski definition) is 3. The molecule has 3 N–H and O–H groups in total. The summed E-state index contributed by atoms with van der Waals surface area (Å²) in [6.45, 7) is 2.58. The monoisotopic (exact) mass is 348 g/mol. The van der Waals surface area contributed by atoms with Crippen LogP contribution in [0.4, 0.5) is 0 Å². The van der Waals surface area contributed by atoms with Crippen LogP contribution in [0.5, 0.6) is 0 Å². The Morgan fingerprint density at radius 2 is 1.46 bits per heavy atom. The van der Waals surface area contributed by atoms with Crippen molar-refractivity contribution in [2.45, 2.75) is 83.8 Å². The molecule has 24 heavy (non-hydrogen) atoms. The first-order valence-corrected chi connectivity index (χ1v) is 8.79. The van der Waals surface area contributed by atoms with E-state index in [1.807, 2.05) is 0 Å². The Labute approximate surface area is 143 Å². The van der Waals surface area contributed by atoms with Crippen molar-refractivity contribution < 1.29 is 34.7 Å². The van der Waals surface area contributed by atoms with Crippen LogP contribution >= 0.6 is 0 Å². The lowest BCUT2D eigenvalue weighted by molar-refractivity contribution is -0.263. The van der Waals surface area contributed by atoms with Crippen molar-refractivity contribution in [1.29, 1.82) is 0 Å². The molecule has 0 heterocycles. The highest BCUT2D eigenvalue weighted by molar-refractivity contribution is 5.74. The second-order valence-corrected chi connectivity index (χ2v) is 6.09. The van der Waals surface area contributed by atoms with Crippen LogP contribution in [-0.4, -0.2) is 46.1 Å². The Hall–Kier alpha value is -1.18. The molecule has 0 bridgehead atoms. The summed E-state index contributed by atoms with van der Waals surface area (Å²) in [5, 5.41) is 28.4. The fourth-order valence-electron chi connectivity index (χ4n) is 2.46. The molecule has 0 aromatic heterocycles. The minimum absolute atomic E-state index is 0.285. The smallest absolute Gasteiger partial charge is 0.361 e. The van der Waals surface area contributed by atoms with Crippen LogP contribution in [0.1, 0.15) is 71.6 Å². The van der Waals surface area contributed by atoms with E-state index in [0.29, 0.717) is 6.42 Å². The molecule has 0 aliphatic heterocycles. The molecular weight excluding hydrogens is 316 g/mol. The Bertz CT molecular complexity index is 346. The maximum atomic E-state index is 11.9. The van der Waals surface area contributed by atoms with E-state index in [-0.39, 0.29) is 6.42 Å². The summed E-state index contributed by atoms with van der Waals surface area (Å²) < 4.78 is 0. The SMILES string of the molecule is CCCCCCCCCCC(C(=O)OOC(C)=O)C(O)C(O)CO. The fraction of sp³-hybridized carbons (Fsp3) is 0.882. The van der Waals surface area contributed by atoms with E-state index in [1.165, 1.54) is 25.7 Å². The molecule has 0 rings (SSSR count). The lowest BCUT2D eigenvalue weighted by Gasteiger charge is -2.23. The van der Waals surface area contributed by atoms with Gasteiger partial charge < -0.3 is 15.3 Å². The number of aliphatic hydroxyl groups is 3. The summed E-state index contributed by atoms with van der Waals surface area (Å²) in [5.41, 5.74) is 0. The predicted octanol–water partition coefficient (Wildman–Crippen LogP) is 1.87. The molecule has 0 aliphatic rings. The Morgan fingerprint density at radius 3 is 1.96 bits per heavy atom. The van der Waals surface area contributed by atoms with E-state index < -0.39 is 36.7 Å². The highest BCUT2D eigenvalue weighted by Gasteiger charge is 2.33. The summed E-state index contributed by atoms with van der Waals surface area (Å²) in [7, 11) is 0. The van der Waals surface area contributed by atoms with Crippen LogP contribution in [0.25, 0.3) is 0 Å². The van der Waals surface area contributed by atoms with Crippen molar-refractivity contribution >= 4 is 11.9 Å². The molecule has 0 spiro atoms. The lowest BCUT2D eigenvalue weighted by Crippen LogP contribution is -2.40. The number of rotatable bonds is 13. The second kappa shape index (κ2) is 14.2. The fourth-order valence-corrected chi connectivity index (χ4v) is 2.46. The molecule has 0 fully saturated rings. The van der Waals surface area contributed by atoms with E-state index in [4.69, 9.17) is 5.11 Å². The average molecular weight is 348 g/mol. The van der Waals surface area contributed by atoms with Crippen molar-refractivity contribution in [2.24, 2.45) is 5.92 Å². The first kappa shape index (κ1) is 22.8. The molecule has 7 heteroatoms. The van der Waals surface area contributed by atoms with Gasteiger partial charge >= 0.3 is 11.9 Å². The summed E-state index contributed by atoms with van der Waals surface area (Å²) in [6, 6.07) is 0. The second-order valence-electron chi connectivity index (χ2n) is 6.09. The quantitative estimate of drug-likeness (QED) is 0.264. The first-order chi connectivity index (χ1) is 11.4. The van der Waals surface area contributed by atoms with Gasteiger partial charge in [0.2, 0.25) is 0 Å². The van der Waals surface area contributed by atoms with E-state index in [2.05, 4.69) is 16.7 Å². The van der Waals surface area contributed by atoms with Crippen LogP contribution in [-0.2, 0) is 19.4 Å². The molecule has 0 radical (unpaired) electrons. The van der Waals surface area contributed by atoms with E-state index in [9.17, 15) is 19.8 Å². The summed E-state index contributed by atoms with van der Waals surface area (Å²) >= 11 is 0. The van der Waals surface area contributed by atoms with Gasteiger partial charge in [-0.2, -0.15) is 0 Å². The lowest BCUT2D eigenvalue weighted by atomic mass is 9.92. The predicted molar refractivity (Wildman–Crippen MR) is 87.7 cm³/mol. The summed E-state index contributed by atoms with van der Waals surface area (Å²) in [4.78, 5) is 31.1. The number of aliphatic hydroxyl groups excluding tert-OH is 3. The molecule has 0 saturated carbocycles. The van der Waals surface area contributed by atoms with Gasteiger partial charge in [-0.15, -0.1) is 0 Å². The van der Waals surface area contributed by atoms with Gasteiger partial charge in [0.05, 0.1) is 18.6 Å². The van der Waals surface area contributed by atoms with E-state index in [1.54, 1.807) is 0 Å². The first-order valence-electron chi connectivity index (χ1n) is 8.79. The minimum atomic E-state index is -1.47. The average Bonchev–Trinajstić information content (AvgIpc) is 2.57. The number of carbonyl (C=O) groups excluding carboxylic acids is 2. The number of carbonyl (C=O) groups is 2. The standard InChI is InChI=1S/C17H32O7/c1-3-4-5-6-7-8-9-10-11-14(16(21)15(20)12-18)17(22)24-23-13(2)19/h14-16,18,20-21H,3-12H2,1-2H3. The van der Waals surface area contributed by atoms with Gasteiger partial charge in [-0.25, -0.2) is 19.4 Å². The number of unbranched alkanes of at least 4 members (excludes halogenated alkanes) is 7. The molecular formula is C17H32O7. The normalized spacial score (nSPS) is 14.7. The zero-order valence-corrected chi connectivity index (χ0v) is 14.8. The van der Waals surface area contributed by atoms with E-state index in [0.717, 1.165) is 26.2 Å². The molecule has 7 nitrogen and oxygen atoms in total. The molecule has 0 aromatic rings. The zero-order valence-electron chi connectivity index (χ0n) is 14.8. The van der Waals surface area contributed by atoms with Gasteiger partial charge in [0.1, 0.15) is 6.10 Å². The largest absolute Gasteiger partial charge is 0.394 e. The van der Waals surface area contributed by atoms with Crippen molar-refractivity contribution in [2.75, 3.05) is 6.61 Å². The molecule has 0 saturated heterocycles. The van der Waals surface area contributed by atoms with Crippen LogP contribution in [0.15, 0.2) is 0 Å². The highest BCUT2D eigenvalue weighted by Crippen LogP contribution is 2.20. The van der Waals surface area contributed by atoms with Crippen molar-refractivity contribution in [3.63, 3.8) is 0 Å². The van der Waals surface area contributed by atoms with Gasteiger partial charge in [-0.05, 0) is 6.42 Å². The maximum Gasteiger partial charge on any atom is 0.361 e. The topological polar surface area (TPSA) is 113 Å². The zero-order chi connectivity index (χ0) is 18.4. The van der Waals surface area contributed by atoms with Gasteiger partial charge in [0.25, 0.3) is 0 Å². The molecule has 0 aliphatic carbocycles. The Kier molecular flexibility index (Phi) is 13.5. The molecule has 3 unspecified atom stereocenters. The van der Waals surface area contributed by atoms with Crippen molar-refractivity contribution in [1.82, 2.24) is 0 Å².